The fourth-order valence-electron chi connectivity index (χ4n) is 4.99. The highest BCUT2D eigenvalue weighted by molar-refractivity contribution is 6.09. The quantitative estimate of drug-likeness (QED) is 0.0944. The first-order chi connectivity index (χ1) is 20.4. The van der Waals surface area contributed by atoms with Crippen LogP contribution in [-0.2, 0) is 9.59 Å². The lowest BCUT2D eigenvalue weighted by molar-refractivity contribution is -0.144. The number of rotatable bonds is 23. The standard InChI is InChI=1S/C35H50N2O5/c1-2-3-4-5-6-7-8-9-10-11-12-14-20-31(35(41)42)27-32(38)36-25-17-26-37-34(40)30-23-21-29(22-24-30)33(39)28-18-15-13-16-19-28/h13,15-16,18-19,21-24,31H,2-12,14,17,20,25-27H2,1H3,(H,36,38)(H,37,40)(H,41,42). The number of aliphatic carboxylic acids is 1. The van der Waals surface area contributed by atoms with Crippen molar-refractivity contribution in [3.05, 3.63) is 71.3 Å². The zero-order valence-electron chi connectivity index (χ0n) is 25.4. The molecule has 0 spiro atoms. The third-order valence-electron chi connectivity index (χ3n) is 7.59. The van der Waals surface area contributed by atoms with E-state index in [4.69, 9.17) is 0 Å². The van der Waals surface area contributed by atoms with Crippen molar-refractivity contribution in [1.29, 1.82) is 0 Å². The van der Waals surface area contributed by atoms with Gasteiger partial charge in [0.05, 0.1) is 5.92 Å². The topological polar surface area (TPSA) is 113 Å². The van der Waals surface area contributed by atoms with Gasteiger partial charge < -0.3 is 15.7 Å². The minimum atomic E-state index is -0.919. The molecule has 7 nitrogen and oxygen atoms in total. The van der Waals surface area contributed by atoms with Crippen LogP contribution in [0.3, 0.4) is 0 Å². The molecule has 1 atom stereocenters. The molecule has 0 saturated carbocycles. The van der Waals surface area contributed by atoms with E-state index >= 15 is 0 Å². The molecule has 0 aromatic heterocycles. The van der Waals surface area contributed by atoms with Gasteiger partial charge in [0, 0.05) is 36.2 Å². The number of hydrogen-bond acceptors (Lipinski definition) is 4. The third-order valence-corrected chi connectivity index (χ3v) is 7.59. The SMILES string of the molecule is CCCCCCCCCCCCCCC(CC(=O)NCCCNC(=O)c1ccc(C(=O)c2ccccc2)cc1)C(=O)O. The van der Waals surface area contributed by atoms with Crippen molar-refractivity contribution in [2.75, 3.05) is 13.1 Å². The maximum absolute atomic E-state index is 12.5. The minimum Gasteiger partial charge on any atom is -0.481 e. The minimum absolute atomic E-state index is 0.0201. The molecule has 2 rings (SSSR count). The lowest BCUT2D eigenvalue weighted by Gasteiger charge is -2.13. The van der Waals surface area contributed by atoms with Gasteiger partial charge in [0.15, 0.2) is 5.78 Å². The van der Waals surface area contributed by atoms with E-state index in [-0.39, 0.29) is 24.0 Å². The Morgan fingerprint density at radius 3 is 1.69 bits per heavy atom. The molecule has 0 heterocycles. The summed E-state index contributed by atoms with van der Waals surface area (Å²) in [6.45, 7) is 2.96. The summed E-state index contributed by atoms with van der Waals surface area (Å²) in [5, 5.41) is 15.1. The Balaban J connectivity index is 1.54. The Bertz CT molecular complexity index is 1070. The molecule has 0 aliphatic carbocycles. The molecule has 230 valence electrons. The summed E-state index contributed by atoms with van der Waals surface area (Å²) >= 11 is 0. The first kappa shape index (κ1) is 34.7. The molecule has 0 bridgehead atoms. The summed E-state index contributed by atoms with van der Waals surface area (Å²) in [4.78, 5) is 48.9. The summed E-state index contributed by atoms with van der Waals surface area (Å²) in [6.07, 6.45) is 15.7. The van der Waals surface area contributed by atoms with Gasteiger partial charge in [0.25, 0.3) is 5.91 Å². The van der Waals surface area contributed by atoms with E-state index in [1.807, 2.05) is 18.2 Å². The van der Waals surface area contributed by atoms with Gasteiger partial charge in [-0.25, -0.2) is 0 Å². The molecule has 42 heavy (non-hydrogen) atoms. The van der Waals surface area contributed by atoms with Crippen molar-refractivity contribution in [1.82, 2.24) is 10.6 Å². The van der Waals surface area contributed by atoms with Crippen LogP contribution in [-0.4, -0.2) is 41.8 Å². The molecule has 0 aliphatic rings. The number of ketones is 1. The number of unbranched alkanes of at least 4 members (excludes halogenated alkanes) is 11. The third kappa shape index (κ3) is 14.4. The number of hydrogen-bond donors (Lipinski definition) is 3. The predicted octanol–water partition coefficient (Wildman–Crippen LogP) is 7.34. The van der Waals surface area contributed by atoms with Gasteiger partial charge in [-0.3, -0.25) is 19.2 Å². The summed E-state index contributed by atoms with van der Waals surface area (Å²) < 4.78 is 0. The Morgan fingerprint density at radius 2 is 1.12 bits per heavy atom. The monoisotopic (exact) mass is 578 g/mol. The fraction of sp³-hybridized carbons (Fsp3) is 0.543. The van der Waals surface area contributed by atoms with Crippen LogP contribution in [0.5, 0.6) is 0 Å². The Hall–Kier alpha value is -3.48. The van der Waals surface area contributed by atoms with Crippen LogP contribution in [0, 0.1) is 5.92 Å². The van der Waals surface area contributed by atoms with Crippen molar-refractivity contribution in [2.45, 2.75) is 103 Å². The van der Waals surface area contributed by atoms with Crippen molar-refractivity contribution in [2.24, 2.45) is 5.92 Å². The molecule has 0 fully saturated rings. The van der Waals surface area contributed by atoms with Crippen LogP contribution < -0.4 is 10.6 Å². The van der Waals surface area contributed by atoms with E-state index in [1.54, 1.807) is 36.4 Å². The van der Waals surface area contributed by atoms with Gasteiger partial charge in [0.1, 0.15) is 0 Å². The number of carboxylic acid groups (broad SMARTS) is 1. The molecular weight excluding hydrogens is 528 g/mol. The largest absolute Gasteiger partial charge is 0.481 e. The van der Waals surface area contributed by atoms with Gasteiger partial charge in [-0.15, -0.1) is 0 Å². The first-order valence-electron chi connectivity index (χ1n) is 15.9. The molecular formula is C35H50N2O5. The molecule has 0 aliphatic heterocycles. The van der Waals surface area contributed by atoms with Crippen LogP contribution in [0.4, 0.5) is 0 Å². The molecule has 2 aromatic rings. The summed E-state index contributed by atoms with van der Waals surface area (Å²) in [5.74, 6) is -2.21. The Morgan fingerprint density at radius 1 is 0.619 bits per heavy atom. The summed E-state index contributed by atoms with van der Waals surface area (Å²) in [7, 11) is 0. The predicted molar refractivity (Wildman–Crippen MR) is 168 cm³/mol. The second-order valence-electron chi connectivity index (χ2n) is 11.1. The zero-order chi connectivity index (χ0) is 30.4. The van der Waals surface area contributed by atoms with Gasteiger partial charge >= 0.3 is 5.97 Å². The molecule has 1 unspecified atom stereocenters. The normalized spacial score (nSPS) is 11.5. The molecule has 0 radical (unpaired) electrons. The lowest BCUT2D eigenvalue weighted by atomic mass is 9.96. The van der Waals surface area contributed by atoms with Crippen LogP contribution in [0.15, 0.2) is 54.6 Å². The van der Waals surface area contributed by atoms with Crippen LogP contribution in [0.25, 0.3) is 0 Å². The highest BCUT2D eigenvalue weighted by Gasteiger charge is 2.20. The molecule has 2 aromatic carbocycles. The first-order valence-corrected chi connectivity index (χ1v) is 15.9. The van der Waals surface area contributed by atoms with Crippen LogP contribution in [0.1, 0.15) is 130 Å². The summed E-state index contributed by atoms with van der Waals surface area (Å²) in [6, 6.07) is 15.5. The van der Waals surface area contributed by atoms with E-state index in [9.17, 15) is 24.3 Å². The number of carbonyl (C=O) groups excluding carboxylic acids is 3. The van der Waals surface area contributed by atoms with Gasteiger partial charge in [0.2, 0.25) is 5.91 Å². The second kappa shape index (κ2) is 21.3. The van der Waals surface area contributed by atoms with Crippen molar-refractivity contribution in [3.63, 3.8) is 0 Å². The van der Waals surface area contributed by atoms with E-state index in [1.165, 1.54) is 57.8 Å². The fourth-order valence-corrected chi connectivity index (χ4v) is 4.99. The average Bonchev–Trinajstić information content (AvgIpc) is 3.00. The second-order valence-corrected chi connectivity index (χ2v) is 11.1. The number of carbonyl (C=O) groups is 4. The number of amides is 2. The smallest absolute Gasteiger partial charge is 0.307 e. The van der Waals surface area contributed by atoms with Gasteiger partial charge in [-0.2, -0.15) is 0 Å². The number of nitrogens with one attached hydrogen (secondary N) is 2. The van der Waals surface area contributed by atoms with E-state index in [2.05, 4.69) is 17.6 Å². The number of benzene rings is 2. The number of carboxylic acids is 1. The van der Waals surface area contributed by atoms with Gasteiger partial charge in [-0.1, -0.05) is 126 Å². The molecule has 0 saturated heterocycles. The Labute approximate surface area is 251 Å². The Kier molecular flexibility index (Phi) is 17.6. The maximum atomic E-state index is 12.5. The van der Waals surface area contributed by atoms with Crippen LogP contribution >= 0.6 is 0 Å². The molecule has 7 heteroatoms. The summed E-state index contributed by atoms with van der Waals surface area (Å²) in [5.41, 5.74) is 1.56. The highest BCUT2D eigenvalue weighted by Crippen LogP contribution is 2.17. The zero-order valence-corrected chi connectivity index (χ0v) is 25.4. The molecule has 2 amide bonds. The van der Waals surface area contributed by atoms with Crippen molar-refractivity contribution >= 4 is 23.6 Å². The lowest BCUT2D eigenvalue weighted by Crippen LogP contribution is -2.31. The van der Waals surface area contributed by atoms with E-state index in [0.29, 0.717) is 42.6 Å². The van der Waals surface area contributed by atoms with E-state index < -0.39 is 11.9 Å². The van der Waals surface area contributed by atoms with E-state index in [0.717, 1.165) is 19.3 Å². The van der Waals surface area contributed by atoms with Crippen molar-refractivity contribution < 1.29 is 24.3 Å². The highest BCUT2D eigenvalue weighted by atomic mass is 16.4. The maximum Gasteiger partial charge on any atom is 0.307 e. The van der Waals surface area contributed by atoms with Gasteiger partial charge in [-0.05, 0) is 25.0 Å². The average molecular weight is 579 g/mol. The molecule has 3 N–H and O–H groups in total. The van der Waals surface area contributed by atoms with Crippen molar-refractivity contribution in [3.8, 4) is 0 Å². The van der Waals surface area contributed by atoms with Crippen LogP contribution in [0.2, 0.25) is 0 Å².